The maximum absolute atomic E-state index is 3.97. The van der Waals surface area contributed by atoms with E-state index in [0.29, 0.717) is 0 Å². The Morgan fingerprint density at radius 1 is 0.654 bits per heavy atom. The monoisotopic (exact) mass is 336 g/mol. The van der Waals surface area contributed by atoms with Crippen molar-refractivity contribution in [2.24, 2.45) is 0 Å². The Bertz CT molecular complexity index is 785. The van der Waals surface area contributed by atoms with Crippen LogP contribution < -0.4 is 29.8 Å². The van der Waals surface area contributed by atoms with E-state index in [-0.39, 0.29) is 25.2 Å². The van der Waals surface area contributed by atoms with Gasteiger partial charge in [0.25, 0.3) is 0 Å². The number of benzene rings is 2. The predicted molar refractivity (Wildman–Crippen MR) is 113 cm³/mol. The van der Waals surface area contributed by atoms with Gasteiger partial charge in [0, 0.05) is 0 Å². The minimum absolute atomic E-state index is 0. The summed E-state index contributed by atoms with van der Waals surface area (Å²) < 4.78 is 0. The zero-order valence-corrected chi connectivity index (χ0v) is 17.7. The van der Waals surface area contributed by atoms with Gasteiger partial charge in [0.05, 0.1) is 0 Å². The first-order valence-corrected chi connectivity index (χ1v) is 9.63. The van der Waals surface area contributed by atoms with Gasteiger partial charge in [-0.15, -0.1) is 0 Å². The smallest absolute Gasteiger partial charge is 0.372 e. The van der Waals surface area contributed by atoms with Gasteiger partial charge in [-0.3, -0.25) is 0 Å². The van der Waals surface area contributed by atoms with Crippen LogP contribution in [0.4, 0.5) is 0 Å². The van der Waals surface area contributed by atoms with Crippen LogP contribution in [-0.2, 0) is 0 Å². The van der Waals surface area contributed by atoms with Crippen molar-refractivity contribution in [3.63, 3.8) is 0 Å². The van der Waals surface area contributed by atoms with E-state index >= 15 is 0 Å². The van der Waals surface area contributed by atoms with Crippen LogP contribution in [0.3, 0.4) is 0 Å². The molecule has 2 aromatic carbocycles. The molecule has 2 heteroatoms. The van der Waals surface area contributed by atoms with Crippen molar-refractivity contribution in [2.45, 2.75) is 67.2 Å². The van der Waals surface area contributed by atoms with Crippen LogP contribution in [-0.4, -0.2) is 12.0 Å². The third-order valence-electron chi connectivity index (χ3n) is 5.61. The number of rotatable bonds is 2. The van der Waals surface area contributed by atoms with E-state index in [2.05, 4.69) is 71.4 Å². The Morgan fingerprint density at radius 3 is 1.35 bits per heavy atom. The molecular formula is C24H30BLi. The van der Waals surface area contributed by atoms with Crippen molar-refractivity contribution < 1.29 is 18.9 Å². The maximum atomic E-state index is 3.97. The molecule has 0 heterocycles. The molecule has 0 bridgehead atoms. The molecule has 0 saturated heterocycles. The average Bonchev–Trinajstić information content (AvgIpc) is 2.97. The number of aryl methyl sites for hydroxylation is 6. The standard InChI is InChI=1S/C24H30B.Li/c1-16-11-18(3)23(19(4)12-16)25(15-22-9-7-8-10-22)24-20(5)13-17(2)14-21(24)6;/h11-14H,7-10H2,1-6H3;/q-1;+1. The summed E-state index contributed by atoms with van der Waals surface area (Å²) in [5.41, 5.74) is 16.7. The molecule has 0 amide bonds. The van der Waals surface area contributed by atoms with Crippen molar-refractivity contribution in [1.82, 2.24) is 0 Å². The quantitative estimate of drug-likeness (QED) is 0.732. The Labute approximate surface area is 172 Å². The van der Waals surface area contributed by atoms with Gasteiger partial charge in [0.2, 0.25) is 0 Å². The van der Waals surface area contributed by atoms with Gasteiger partial charge in [0.1, 0.15) is 0 Å². The second-order valence-corrected chi connectivity index (χ2v) is 8.01. The molecule has 0 atom stereocenters. The van der Waals surface area contributed by atoms with Crippen molar-refractivity contribution in [1.29, 1.82) is 0 Å². The summed E-state index contributed by atoms with van der Waals surface area (Å²) in [4.78, 5) is 0. The summed E-state index contributed by atoms with van der Waals surface area (Å²) in [6, 6.07) is 9.31. The minimum Gasteiger partial charge on any atom is -0.372 e. The van der Waals surface area contributed by atoms with Gasteiger partial charge >= 0.3 is 18.9 Å². The third kappa shape index (κ3) is 4.35. The fourth-order valence-corrected chi connectivity index (χ4v) is 4.73. The summed E-state index contributed by atoms with van der Waals surface area (Å²) in [5, 5.41) is 0. The molecule has 1 saturated carbocycles. The predicted octanol–water partition coefficient (Wildman–Crippen LogP) is 1.63. The van der Waals surface area contributed by atoms with Crippen LogP contribution in [0.25, 0.3) is 0 Å². The Balaban J connectivity index is 0.00000243. The van der Waals surface area contributed by atoms with Crippen LogP contribution in [0, 0.1) is 41.5 Å². The van der Waals surface area contributed by atoms with Gasteiger partial charge in [-0.05, 0) is 73.6 Å². The molecule has 1 aliphatic rings. The van der Waals surface area contributed by atoms with Crippen molar-refractivity contribution in [3.05, 3.63) is 63.2 Å². The summed E-state index contributed by atoms with van der Waals surface area (Å²) in [7, 11) is 0. The van der Waals surface area contributed by atoms with Gasteiger partial charge in [0.15, 0.2) is 0 Å². The normalized spacial score (nSPS) is 13.4. The first-order chi connectivity index (χ1) is 11.9. The van der Waals surface area contributed by atoms with E-state index in [1.165, 1.54) is 75.6 Å². The zero-order valence-electron chi connectivity index (χ0n) is 17.7. The van der Waals surface area contributed by atoms with Gasteiger partial charge in [-0.2, -0.15) is 0 Å². The molecule has 0 aliphatic heterocycles. The molecule has 0 nitrogen and oxygen atoms in total. The average molecular weight is 336 g/mol. The molecule has 0 spiro atoms. The molecule has 0 unspecified atom stereocenters. The van der Waals surface area contributed by atoms with Gasteiger partial charge in [-0.25, -0.2) is 10.9 Å². The first kappa shape index (κ1) is 21.1. The maximum Gasteiger partial charge on any atom is 1.00 e. The summed E-state index contributed by atoms with van der Waals surface area (Å²) in [6.45, 7) is 13.5. The van der Waals surface area contributed by atoms with Crippen LogP contribution in [0.2, 0.25) is 0 Å². The fraction of sp³-hybridized carbons (Fsp3) is 0.417. The molecule has 26 heavy (non-hydrogen) atoms. The van der Waals surface area contributed by atoms with Crippen LogP contribution in [0.1, 0.15) is 59.1 Å². The topological polar surface area (TPSA) is 0 Å². The Hall–Kier alpha value is -1.25. The second kappa shape index (κ2) is 8.63. The Kier molecular flexibility index (Phi) is 6.99. The Morgan fingerprint density at radius 2 is 1.00 bits per heavy atom. The fourth-order valence-electron chi connectivity index (χ4n) is 4.73. The molecule has 0 aromatic heterocycles. The number of hydrogen-bond acceptors (Lipinski definition) is 0. The van der Waals surface area contributed by atoms with Gasteiger partial charge < -0.3 is 5.62 Å². The summed E-state index contributed by atoms with van der Waals surface area (Å²) >= 11 is 0. The van der Waals surface area contributed by atoms with Crippen LogP contribution in [0.15, 0.2) is 29.8 Å². The van der Waals surface area contributed by atoms with E-state index in [4.69, 9.17) is 0 Å². The summed E-state index contributed by atoms with van der Waals surface area (Å²) in [6.07, 6.45) is 5.36. The molecule has 130 valence electrons. The molecular weight excluding hydrogens is 306 g/mol. The van der Waals surface area contributed by atoms with Crippen molar-refractivity contribution >= 4 is 22.9 Å². The molecule has 1 aliphatic carbocycles. The molecule has 3 rings (SSSR count). The largest absolute Gasteiger partial charge is 1.00 e. The van der Waals surface area contributed by atoms with E-state index < -0.39 is 0 Å². The molecule has 0 N–H and O–H groups in total. The third-order valence-corrected chi connectivity index (χ3v) is 5.61. The van der Waals surface area contributed by atoms with Gasteiger partial charge in [-0.1, -0.05) is 63.2 Å². The van der Waals surface area contributed by atoms with Crippen LogP contribution >= 0.6 is 0 Å². The van der Waals surface area contributed by atoms with Crippen LogP contribution in [0.5, 0.6) is 0 Å². The molecule has 2 aromatic rings. The van der Waals surface area contributed by atoms with E-state index in [1.54, 1.807) is 0 Å². The number of allylic oxidation sites excluding steroid dienone is 1. The zero-order chi connectivity index (χ0) is 18.1. The number of hydrogen-bond donors (Lipinski definition) is 0. The van der Waals surface area contributed by atoms with Crippen molar-refractivity contribution in [3.8, 4) is 0 Å². The van der Waals surface area contributed by atoms with Crippen molar-refractivity contribution in [2.75, 3.05) is 0 Å². The van der Waals surface area contributed by atoms with E-state index in [0.717, 1.165) is 0 Å². The second-order valence-electron chi connectivity index (χ2n) is 8.01. The first-order valence-electron chi connectivity index (χ1n) is 9.63. The molecule has 1 fully saturated rings. The minimum atomic E-state index is 0. The van der Waals surface area contributed by atoms with E-state index in [9.17, 15) is 0 Å². The van der Waals surface area contributed by atoms with E-state index in [1.807, 2.05) is 0 Å². The molecule has 0 radical (unpaired) electrons. The SMILES string of the molecule is Cc1cc(C)c([B-](=C=C2CCCC2)c2c(C)cc(C)cc2C)c(C)c1.[Li+]. The summed E-state index contributed by atoms with van der Waals surface area (Å²) in [5.74, 6) is 0.